The highest BCUT2D eigenvalue weighted by molar-refractivity contribution is 7.89. The van der Waals surface area contributed by atoms with E-state index in [1.807, 2.05) is 14.0 Å². The van der Waals surface area contributed by atoms with Crippen molar-refractivity contribution in [2.45, 2.75) is 44.7 Å². The molecule has 0 radical (unpaired) electrons. The molecule has 5 nitrogen and oxygen atoms in total. The van der Waals surface area contributed by atoms with Crippen molar-refractivity contribution in [3.05, 3.63) is 29.3 Å². The summed E-state index contributed by atoms with van der Waals surface area (Å²) < 4.78 is 27.1. The lowest BCUT2D eigenvalue weighted by Gasteiger charge is -2.20. The van der Waals surface area contributed by atoms with Gasteiger partial charge >= 0.3 is 0 Å². The maximum atomic E-state index is 12.2. The average molecular weight is 313 g/mol. The molecule has 21 heavy (non-hydrogen) atoms. The van der Waals surface area contributed by atoms with Gasteiger partial charge in [0.2, 0.25) is 10.0 Å². The summed E-state index contributed by atoms with van der Waals surface area (Å²) in [5.74, 6) is 0. The Hall–Kier alpha value is -0.950. The van der Waals surface area contributed by atoms with E-state index in [9.17, 15) is 8.42 Å². The number of sulfonamides is 1. The molecule has 0 unspecified atom stereocenters. The Morgan fingerprint density at radius 1 is 1.33 bits per heavy atom. The molecule has 0 saturated heterocycles. The molecule has 0 aromatic heterocycles. The third-order valence-electron chi connectivity index (χ3n) is 3.71. The van der Waals surface area contributed by atoms with Gasteiger partial charge in [0.1, 0.15) is 0 Å². The lowest BCUT2D eigenvalue weighted by molar-refractivity contribution is 0.271. The van der Waals surface area contributed by atoms with Gasteiger partial charge in [0.05, 0.1) is 4.90 Å². The molecule has 1 rings (SSSR count). The van der Waals surface area contributed by atoms with Crippen molar-refractivity contribution in [2.24, 2.45) is 5.73 Å². The largest absolute Gasteiger partial charge is 0.326 e. The summed E-state index contributed by atoms with van der Waals surface area (Å²) >= 11 is 0. The van der Waals surface area contributed by atoms with E-state index >= 15 is 0 Å². The van der Waals surface area contributed by atoms with E-state index in [0.29, 0.717) is 24.0 Å². The van der Waals surface area contributed by atoms with Crippen molar-refractivity contribution in [3.8, 4) is 0 Å². The zero-order valence-electron chi connectivity index (χ0n) is 13.4. The van der Waals surface area contributed by atoms with Crippen LogP contribution in [0, 0.1) is 6.92 Å². The van der Waals surface area contributed by atoms with Gasteiger partial charge in [0.25, 0.3) is 0 Å². The van der Waals surface area contributed by atoms with Crippen molar-refractivity contribution >= 4 is 10.0 Å². The molecule has 0 saturated carbocycles. The van der Waals surface area contributed by atoms with Gasteiger partial charge in [-0.25, -0.2) is 13.1 Å². The summed E-state index contributed by atoms with van der Waals surface area (Å²) in [5, 5.41) is 0. The summed E-state index contributed by atoms with van der Waals surface area (Å²) in [6.07, 6.45) is 0.785. The first kappa shape index (κ1) is 18.1. The van der Waals surface area contributed by atoms with Crippen molar-refractivity contribution in [1.82, 2.24) is 9.62 Å². The predicted octanol–water partition coefficient (Wildman–Crippen LogP) is 1.46. The standard InChI is InChI=1S/C15H27N3O2S/c1-12(2)18(4)9-5-8-17-21(19,20)15-7-6-14(11-16)13(3)10-15/h6-7,10,12,17H,5,8-9,11,16H2,1-4H3. The van der Waals surface area contributed by atoms with Crippen LogP contribution in [0.1, 0.15) is 31.4 Å². The Bertz CT molecular complexity index is 556. The first-order valence-electron chi connectivity index (χ1n) is 7.27. The summed E-state index contributed by atoms with van der Waals surface area (Å²) in [6, 6.07) is 5.52. The van der Waals surface area contributed by atoms with Crippen molar-refractivity contribution < 1.29 is 8.42 Å². The minimum absolute atomic E-state index is 0.300. The molecule has 0 bridgehead atoms. The van der Waals surface area contributed by atoms with Gasteiger partial charge in [-0.2, -0.15) is 0 Å². The second kappa shape index (κ2) is 7.89. The van der Waals surface area contributed by atoms with Crippen LogP contribution in [0.15, 0.2) is 23.1 Å². The van der Waals surface area contributed by atoms with Crippen LogP contribution in [0.25, 0.3) is 0 Å². The number of hydrogen-bond donors (Lipinski definition) is 2. The molecule has 0 amide bonds. The van der Waals surface area contributed by atoms with Gasteiger partial charge in [-0.05, 0) is 64.0 Å². The lowest BCUT2D eigenvalue weighted by Crippen LogP contribution is -2.31. The van der Waals surface area contributed by atoms with Crippen molar-refractivity contribution in [2.75, 3.05) is 20.1 Å². The monoisotopic (exact) mass is 313 g/mol. The normalized spacial score (nSPS) is 12.3. The molecule has 0 aliphatic carbocycles. The molecule has 0 aliphatic rings. The summed E-state index contributed by atoms with van der Waals surface area (Å²) in [5.41, 5.74) is 7.46. The maximum absolute atomic E-state index is 12.2. The van der Waals surface area contributed by atoms with Crippen LogP contribution in [0.3, 0.4) is 0 Å². The van der Waals surface area contributed by atoms with Gasteiger partial charge in [-0.1, -0.05) is 6.07 Å². The van der Waals surface area contributed by atoms with Gasteiger partial charge in [-0.3, -0.25) is 0 Å². The lowest BCUT2D eigenvalue weighted by atomic mass is 10.1. The number of benzene rings is 1. The molecule has 0 aliphatic heterocycles. The SMILES string of the molecule is Cc1cc(S(=O)(=O)NCCCN(C)C(C)C)ccc1CN. The molecule has 0 heterocycles. The minimum Gasteiger partial charge on any atom is -0.326 e. The Kier molecular flexibility index (Phi) is 6.80. The molecule has 120 valence electrons. The first-order valence-corrected chi connectivity index (χ1v) is 8.75. The first-order chi connectivity index (χ1) is 9.77. The van der Waals surface area contributed by atoms with Crippen LogP contribution in [0.2, 0.25) is 0 Å². The molecule has 1 aromatic carbocycles. The Morgan fingerprint density at radius 3 is 2.52 bits per heavy atom. The van der Waals surface area contributed by atoms with Crippen LogP contribution in [-0.4, -0.2) is 39.5 Å². The third kappa shape index (κ3) is 5.39. The van der Waals surface area contributed by atoms with E-state index in [1.54, 1.807) is 18.2 Å². The van der Waals surface area contributed by atoms with E-state index in [2.05, 4.69) is 23.5 Å². The van der Waals surface area contributed by atoms with E-state index in [0.717, 1.165) is 24.1 Å². The van der Waals surface area contributed by atoms with E-state index in [1.165, 1.54) is 0 Å². The molecule has 0 spiro atoms. The maximum Gasteiger partial charge on any atom is 0.240 e. The summed E-state index contributed by atoms with van der Waals surface area (Å²) in [7, 11) is -1.40. The highest BCUT2D eigenvalue weighted by atomic mass is 32.2. The number of aryl methyl sites for hydroxylation is 1. The molecule has 0 fully saturated rings. The number of hydrogen-bond acceptors (Lipinski definition) is 4. The molecule has 1 aromatic rings. The highest BCUT2D eigenvalue weighted by Crippen LogP contribution is 2.15. The van der Waals surface area contributed by atoms with Gasteiger partial charge in [0.15, 0.2) is 0 Å². The van der Waals surface area contributed by atoms with E-state index in [-0.39, 0.29) is 0 Å². The summed E-state index contributed by atoms with van der Waals surface area (Å²) in [4.78, 5) is 2.49. The smallest absolute Gasteiger partial charge is 0.240 e. The van der Waals surface area contributed by atoms with Crippen molar-refractivity contribution in [3.63, 3.8) is 0 Å². The van der Waals surface area contributed by atoms with Crippen LogP contribution in [0.5, 0.6) is 0 Å². The number of nitrogens with one attached hydrogen (secondary N) is 1. The zero-order chi connectivity index (χ0) is 16.0. The molecular weight excluding hydrogens is 286 g/mol. The average Bonchev–Trinajstić information content (AvgIpc) is 2.43. The predicted molar refractivity (Wildman–Crippen MR) is 86.6 cm³/mol. The van der Waals surface area contributed by atoms with E-state index < -0.39 is 10.0 Å². The number of rotatable bonds is 8. The second-order valence-electron chi connectivity index (χ2n) is 5.62. The highest BCUT2D eigenvalue weighted by Gasteiger charge is 2.14. The Morgan fingerprint density at radius 2 is 2.00 bits per heavy atom. The summed E-state index contributed by atoms with van der Waals surface area (Å²) in [6.45, 7) is 7.83. The number of nitrogens with zero attached hydrogens (tertiary/aromatic N) is 1. The molecular formula is C15H27N3O2S. The van der Waals surface area contributed by atoms with E-state index in [4.69, 9.17) is 5.73 Å². The fourth-order valence-electron chi connectivity index (χ4n) is 1.94. The topological polar surface area (TPSA) is 75.4 Å². The van der Waals surface area contributed by atoms with Gasteiger partial charge in [0, 0.05) is 19.1 Å². The second-order valence-corrected chi connectivity index (χ2v) is 7.39. The van der Waals surface area contributed by atoms with Gasteiger partial charge < -0.3 is 10.6 Å². The molecule has 3 N–H and O–H groups in total. The van der Waals surface area contributed by atoms with Crippen LogP contribution < -0.4 is 10.5 Å². The quantitative estimate of drug-likeness (QED) is 0.713. The number of nitrogens with two attached hydrogens (primary N) is 1. The van der Waals surface area contributed by atoms with Crippen molar-refractivity contribution in [1.29, 1.82) is 0 Å². The minimum atomic E-state index is -3.44. The Balaban J connectivity index is 2.60. The third-order valence-corrected chi connectivity index (χ3v) is 5.16. The molecule has 0 atom stereocenters. The fourth-order valence-corrected chi connectivity index (χ4v) is 3.10. The van der Waals surface area contributed by atoms with Crippen LogP contribution >= 0.6 is 0 Å². The van der Waals surface area contributed by atoms with Crippen LogP contribution in [0.4, 0.5) is 0 Å². The molecule has 6 heteroatoms. The van der Waals surface area contributed by atoms with Crippen LogP contribution in [-0.2, 0) is 16.6 Å². The van der Waals surface area contributed by atoms with Gasteiger partial charge in [-0.15, -0.1) is 0 Å². The Labute approximate surface area is 128 Å². The fraction of sp³-hybridized carbons (Fsp3) is 0.600. The zero-order valence-corrected chi connectivity index (χ0v) is 14.2.